The lowest BCUT2D eigenvalue weighted by Crippen LogP contribution is -2.28. The number of carboxylic acid groups (broad SMARTS) is 1. The maximum Gasteiger partial charge on any atom is 0.335 e. The number of hydrogen-bond donors (Lipinski definition) is 3. The zero-order valence-electron chi connectivity index (χ0n) is 18.1. The van der Waals surface area contributed by atoms with Gasteiger partial charge in [0.1, 0.15) is 11.9 Å². The van der Waals surface area contributed by atoms with Gasteiger partial charge < -0.3 is 20.1 Å². The van der Waals surface area contributed by atoms with Crippen LogP contribution in [0.1, 0.15) is 53.6 Å². The van der Waals surface area contributed by atoms with E-state index in [1.165, 1.54) is 5.56 Å². The largest absolute Gasteiger partial charge is 0.490 e. The number of hydrogen-bond acceptors (Lipinski definition) is 4. The second-order valence-electron chi connectivity index (χ2n) is 9.57. The van der Waals surface area contributed by atoms with E-state index < -0.39 is 18.2 Å². The zero-order valence-corrected chi connectivity index (χ0v) is 18.1. The van der Waals surface area contributed by atoms with Gasteiger partial charge in [0.15, 0.2) is 0 Å². The Hall–Kier alpha value is -2.63. The Kier molecular flexibility index (Phi) is 5.56. The summed E-state index contributed by atoms with van der Waals surface area (Å²) in [6.07, 6.45) is 7.75. The molecule has 5 atom stereocenters. The molecule has 5 rings (SSSR count). The van der Waals surface area contributed by atoms with Crippen molar-refractivity contribution in [3.8, 4) is 5.75 Å². The molecule has 1 unspecified atom stereocenters. The highest BCUT2D eigenvalue weighted by molar-refractivity contribution is 5.88. The van der Waals surface area contributed by atoms with Gasteiger partial charge in [-0.25, -0.2) is 4.79 Å². The topological polar surface area (TPSA) is 87.0 Å². The Morgan fingerprint density at radius 3 is 2.66 bits per heavy atom. The van der Waals surface area contributed by atoms with Crippen LogP contribution in [0.2, 0.25) is 0 Å². The van der Waals surface area contributed by atoms with Gasteiger partial charge in [0.05, 0.1) is 17.8 Å². The fourth-order valence-electron chi connectivity index (χ4n) is 5.66. The monoisotopic (exact) mass is 434 g/mol. The molecule has 168 valence electrons. The van der Waals surface area contributed by atoms with Crippen LogP contribution in [0.4, 0.5) is 0 Å². The third-order valence-corrected chi connectivity index (χ3v) is 7.69. The van der Waals surface area contributed by atoms with Gasteiger partial charge in [0.25, 0.3) is 0 Å². The lowest BCUT2D eigenvalue weighted by molar-refractivity contribution is 0.0695. The van der Waals surface area contributed by atoms with Crippen LogP contribution in [0.15, 0.2) is 60.7 Å². The Bertz CT molecular complexity index is 1010. The number of carbonyl (C=O) groups is 1. The van der Waals surface area contributed by atoms with Gasteiger partial charge in [-0.3, -0.25) is 0 Å². The maximum absolute atomic E-state index is 11.4. The Labute approximate surface area is 188 Å². The molecule has 2 aliphatic carbocycles. The number of rotatable bonds is 5. The van der Waals surface area contributed by atoms with E-state index in [4.69, 9.17) is 4.74 Å². The van der Waals surface area contributed by atoms with E-state index in [0.717, 1.165) is 37.7 Å². The van der Waals surface area contributed by atoms with Crippen molar-refractivity contribution in [2.45, 2.75) is 62.3 Å². The highest BCUT2D eigenvalue weighted by Crippen LogP contribution is 2.51. The van der Waals surface area contributed by atoms with Gasteiger partial charge >= 0.3 is 5.97 Å². The molecule has 1 heterocycles. The van der Waals surface area contributed by atoms with Crippen LogP contribution in [0, 0.1) is 11.8 Å². The van der Waals surface area contributed by atoms with E-state index in [2.05, 4.69) is 12.1 Å². The second kappa shape index (κ2) is 8.38. The van der Waals surface area contributed by atoms with Gasteiger partial charge in [-0.2, -0.15) is 0 Å². The Morgan fingerprint density at radius 1 is 1.16 bits per heavy atom. The van der Waals surface area contributed by atoms with Gasteiger partial charge in [-0.15, -0.1) is 0 Å². The molecule has 32 heavy (non-hydrogen) atoms. The number of aromatic carboxylic acids is 1. The van der Waals surface area contributed by atoms with E-state index in [0.29, 0.717) is 12.2 Å². The fraction of sp³-hybridized carbons (Fsp3) is 0.444. The van der Waals surface area contributed by atoms with Crippen LogP contribution in [-0.2, 0) is 11.8 Å². The van der Waals surface area contributed by atoms with Crippen molar-refractivity contribution in [1.82, 2.24) is 0 Å². The van der Waals surface area contributed by atoms with E-state index in [9.17, 15) is 20.1 Å². The van der Waals surface area contributed by atoms with Crippen molar-refractivity contribution in [1.29, 1.82) is 0 Å². The van der Waals surface area contributed by atoms with Gasteiger partial charge in [0, 0.05) is 23.7 Å². The molecule has 0 radical (unpaired) electrons. The summed E-state index contributed by atoms with van der Waals surface area (Å²) < 4.78 is 6.29. The van der Waals surface area contributed by atoms with E-state index in [-0.39, 0.29) is 28.9 Å². The molecule has 1 aliphatic heterocycles. The second-order valence-corrected chi connectivity index (χ2v) is 9.57. The van der Waals surface area contributed by atoms with Gasteiger partial charge in [-0.05, 0) is 55.4 Å². The summed E-state index contributed by atoms with van der Waals surface area (Å²) in [4.78, 5) is 11.4. The van der Waals surface area contributed by atoms with E-state index in [1.807, 2.05) is 36.4 Å². The average Bonchev–Trinajstić information content (AvgIpc) is 3.54. The van der Waals surface area contributed by atoms with Crippen LogP contribution in [-0.4, -0.2) is 39.6 Å². The summed E-state index contributed by atoms with van der Waals surface area (Å²) in [7, 11) is 0. The molecule has 3 aliphatic rings. The summed E-state index contributed by atoms with van der Waals surface area (Å²) in [5.41, 5.74) is 2.21. The minimum absolute atomic E-state index is 0.0783. The lowest BCUT2D eigenvalue weighted by Gasteiger charge is -2.28. The standard InChI is InChI=1S/C27H30O5/c28-22-16-24-21(8-4-5-17-9-10-18(26(30)31)15-23(17)32-24)20(22)11-12-25(29)27(13-14-27)19-6-2-1-3-7-19/h1-3,6-7,9-12,15,20-22,24-25,28-29H,4-5,8,13-14,16H2,(H,30,31)/b12-11+/t20-,21-,22-,24+,25?/m1/s1. The zero-order chi connectivity index (χ0) is 22.3. The van der Waals surface area contributed by atoms with Crippen molar-refractivity contribution in [2.24, 2.45) is 11.8 Å². The number of aliphatic hydroxyl groups is 2. The molecule has 0 amide bonds. The van der Waals surface area contributed by atoms with Crippen LogP contribution in [0.3, 0.4) is 0 Å². The molecular weight excluding hydrogens is 404 g/mol. The van der Waals surface area contributed by atoms with Crippen molar-refractivity contribution in [3.05, 3.63) is 77.4 Å². The molecule has 0 spiro atoms. The van der Waals surface area contributed by atoms with Crippen molar-refractivity contribution >= 4 is 5.97 Å². The van der Waals surface area contributed by atoms with E-state index in [1.54, 1.807) is 12.1 Å². The number of carboxylic acids is 1. The maximum atomic E-state index is 11.4. The number of ether oxygens (including phenoxy) is 1. The van der Waals surface area contributed by atoms with Gasteiger partial charge in [-0.1, -0.05) is 48.6 Å². The van der Waals surface area contributed by atoms with E-state index >= 15 is 0 Å². The molecule has 0 bridgehead atoms. The first-order valence-electron chi connectivity index (χ1n) is 11.6. The number of aliphatic hydroxyl groups excluding tert-OH is 2. The molecule has 2 aromatic rings. The summed E-state index contributed by atoms with van der Waals surface area (Å²) in [6, 6.07) is 15.2. The molecule has 2 fully saturated rings. The van der Waals surface area contributed by atoms with Crippen LogP contribution in [0.5, 0.6) is 5.75 Å². The number of fused-ring (bicyclic) bond motifs is 2. The lowest BCUT2D eigenvalue weighted by atomic mass is 9.85. The van der Waals surface area contributed by atoms with Crippen molar-refractivity contribution in [2.75, 3.05) is 0 Å². The number of benzene rings is 2. The molecule has 3 N–H and O–H groups in total. The fourth-order valence-corrected chi connectivity index (χ4v) is 5.66. The molecule has 0 aromatic heterocycles. The number of aryl methyl sites for hydroxylation is 1. The highest BCUT2D eigenvalue weighted by Gasteiger charge is 2.50. The molecule has 2 saturated carbocycles. The Morgan fingerprint density at radius 2 is 1.94 bits per heavy atom. The van der Waals surface area contributed by atoms with Gasteiger partial charge in [0.2, 0.25) is 0 Å². The van der Waals surface area contributed by atoms with Crippen LogP contribution >= 0.6 is 0 Å². The minimum Gasteiger partial charge on any atom is -0.490 e. The smallest absolute Gasteiger partial charge is 0.335 e. The molecular formula is C27H30O5. The molecule has 0 saturated heterocycles. The molecule has 5 nitrogen and oxygen atoms in total. The van der Waals surface area contributed by atoms with Crippen molar-refractivity contribution in [3.63, 3.8) is 0 Å². The quantitative estimate of drug-likeness (QED) is 0.617. The Balaban J connectivity index is 1.34. The normalized spacial score (nSPS) is 29.3. The first-order valence-corrected chi connectivity index (χ1v) is 11.6. The molecule has 5 heteroatoms. The van der Waals surface area contributed by atoms with Crippen LogP contribution in [0.25, 0.3) is 0 Å². The third-order valence-electron chi connectivity index (χ3n) is 7.69. The first kappa shape index (κ1) is 21.2. The van der Waals surface area contributed by atoms with Crippen molar-refractivity contribution < 1.29 is 24.9 Å². The predicted octanol–water partition coefficient (Wildman–Crippen LogP) is 4.11. The third kappa shape index (κ3) is 3.84. The summed E-state index contributed by atoms with van der Waals surface area (Å²) in [5.74, 6) is -0.284. The summed E-state index contributed by atoms with van der Waals surface area (Å²) in [6.45, 7) is 0. The minimum atomic E-state index is -0.969. The predicted molar refractivity (Wildman–Crippen MR) is 121 cm³/mol. The highest BCUT2D eigenvalue weighted by atomic mass is 16.5. The summed E-state index contributed by atoms with van der Waals surface area (Å²) >= 11 is 0. The SMILES string of the molecule is O=C(O)c1ccc2c(c1)O[C@H]1C[C@@H](O)[C@H](/C=C/C(O)C3(c4ccccc4)CC3)[C@H]1CCC2. The first-order chi connectivity index (χ1) is 15.5. The van der Waals surface area contributed by atoms with Crippen LogP contribution < -0.4 is 4.74 Å². The summed E-state index contributed by atoms with van der Waals surface area (Å²) in [5, 5.41) is 31.2. The average molecular weight is 435 g/mol. The molecule has 2 aromatic carbocycles.